The summed E-state index contributed by atoms with van der Waals surface area (Å²) in [4.78, 5) is 19.2. The smallest absolute Gasteiger partial charge is 0.243 e. The number of nitrogens with zero attached hydrogens (tertiary/aromatic N) is 3. The van der Waals surface area contributed by atoms with Crippen LogP contribution in [0.5, 0.6) is 0 Å². The first-order chi connectivity index (χ1) is 16.0. The zero-order chi connectivity index (χ0) is 23.8. The highest BCUT2D eigenvalue weighted by atomic mass is 32.2. The average Bonchev–Trinajstić information content (AvgIpc) is 3.33. The van der Waals surface area contributed by atoms with Crippen molar-refractivity contribution < 1.29 is 13.2 Å². The van der Waals surface area contributed by atoms with E-state index in [2.05, 4.69) is 22.1 Å². The first-order valence-electron chi connectivity index (χ1n) is 12.0. The lowest BCUT2D eigenvalue weighted by Crippen LogP contribution is -2.42. The van der Waals surface area contributed by atoms with Gasteiger partial charge in [0.05, 0.1) is 4.90 Å². The second-order valence-corrected chi connectivity index (χ2v) is 11.3. The van der Waals surface area contributed by atoms with Gasteiger partial charge in [0.2, 0.25) is 10.0 Å². The van der Waals surface area contributed by atoms with E-state index in [-0.39, 0.29) is 12.0 Å². The fourth-order valence-corrected chi connectivity index (χ4v) is 6.58. The lowest BCUT2D eigenvalue weighted by Gasteiger charge is -2.33. The molecule has 2 fully saturated rings. The molecular formula is C24H36N4O3S2. The van der Waals surface area contributed by atoms with Crippen molar-refractivity contribution in [3.63, 3.8) is 0 Å². The quantitative estimate of drug-likeness (QED) is 0.577. The van der Waals surface area contributed by atoms with Crippen LogP contribution in [0.25, 0.3) is 0 Å². The van der Waals surface area contributed by atoms with Crippen molar-refractivity contribution in [2.75, 3.05) is 36.4 Å². The molecule has 2 saturated heterocycles. The number of piperidine rings is 2. The van der Waals surface area contributed by atoms with Crippen LogP contribution in [0.3, 0.4) is 0 Å². The first kappa shape index (κ1) is 25.6. The predicted molar refractivity (Wildman–Crippen MR) is 136 cm³/mol. The number of nitrogens with one attached hydrogen (secondary N) is 1. The first-order valence-corrected chi connectivity index (χ1v) is 14.3. The topological polar surface area (TPSA) is 82.6 Å². The molecule has 3 heterocycles. The van der Waals surface area contributed by atoms with Gasteiger partial charge in [0.1, 0.15) is 6.29 Å². The Bertz CT molecular complexity index is 993. The fraction of sp³-hybridized carbons (Fsp3) is 0.583. The Morgan fingerprint density at radius 2 is 1.82 bits per heavy atom. The highest BCUT2D eigenvalue weighted by Gasteiger charge is 2.30. The van der Waals surface area contributed by atoms with Gasteiger partial charge in [0.25, 0.3) is 0 Å². The maximum absolute atomic E-state index is 13.3. The van der Waals surface area contributed by atoms with E-state index in [1.807, 2.05) is 32.2 Å². The minimum atomic E-state index is -3.53. The van der Waals surface area contributed by atoms with Crippen molar-refractivity contribution in [2.45, 2.75) is 63.8 Å². The van der Waals surface area contributed by atoms with Crippen molar-refractivity contribution in [3.8, 4) is 0 Å². The van der Waals surface area contributed by atoms with E-state index in [4.69, 9.17) is 0 Å². The van der Waals surface area contributed by atoms with E-state index in [0.717, 1.165) is 62.3 Å². The molecule has 1 aromatic heterocycles. The van der Waals surface area contributed by atoms with Gasteiger partial charge in [-0.3, -0.25) is 0 Å². The van der Waals surface area contributed by atoms with Crippen molar-refractivity contribution in [2.24, 2.45) is 5.92 Å². The van der Waals surface area contributed by atoms with E-state index < -0.39 is 10.0 Å². The number of carbonyl (C=O) groups excluding carboxylic acids is 1. The van der Waals surface area contributed by atoms with Gasteiger partial charge in [-0.25, -0.2) is 13.4 Å². The van der Waals surface area contributed by atoms with Crippen LogP contribution in [0.4, 0.5) is 10.8 Å². The second kappa shape index (κ2) is 11.9. The summed E-state index contributed by atoms with van der Waals surface area (Å²) < 4.78 is 28.1. The van der Waals surface area contributed by atoms with Gasteiger partial charge >= 0.3 is 0 Å². The zero-order valence-corrected chi connectivity index (χ0v) is 21.5. The molecule has 1 N–H and O–H groups in total. The van der Waals surface area contributed by atoms with Gasteiger partial charge in [-0.1, -0.05) is 26.8 Å². The summed E-state index contributed by atoms with van der Waals surface area (Å²) in [5.74, 6) is 0.121. The monoisotopic (exact) mass is 492 g/mol. The van der Waals surface area contributed by atoms with E-state index >= 15 is 0 Å². The standard InChI is InChI=1S/C22H30N4O3S2.C2H6/c1-2-20-15-23-22(30-20)24-18-8-12-26(13-9-18)31(28,29)21-5-3-4-19(14-21)25-10-6-17(16-27)7-11-25;1-2/h3-5,14-18H,2,6-13H2,1H3,(H,23,24);1-2H3. The molecule has 33 heavy (non-hydrogen) atoms. The Kier molecular flexibility index (Phi) is 9.28. The molecule has 0 amide bonds. The van der Waals surface area contributed by atoms with Crippen LogP contribution in [-0.2, 0) is 21.2 Å². The number of thiazole rings is 1. The summed E-state index contributed by atoms with van der Waals surface area (Å²) in [6.45, 7) is 8.67. The lowest BCUT2D eigenvalue weighted by atomic mass is 9.98. The summed E-state index contributed by atoms with van der Waals surface area (Å²) in [5, 5.41) is 4.38. The van der Waals surface area contributed by atoms with E-state index in [9.17, 15) is 13.2 Å². The zero-order valence-electron chi connectivity index (χ0n) is 19.9. The third-order valence-corrected chi connectivity index (χ3v) is 9.20. The molecule has 0 unspecified atom stereocenters. The number of carbonyl (C=O) groups is 1. The van der Waals surface area contributed by atoms with Crippen LogP contribution in [0, 0.1) is 5.92 Å². The van der Waals surface area contributed by atoms with Crippen LogP contribution < -0.4 is 10.2 Å². The summed E-state index contributed by atoms with van der Waals surface area (Å²) in [5.41, 5.74) is 0.914. The number of aryl methyl sites for hydroxylation is 1. The molecule has 0 radical (unpaired) electrons. The number of sulfonamides is 1. The van der Waals surface area contributed by atoms with Crippen LogP contribution >= 0.6 is 11.3 Å². The predicted octanol–water partition coefficient (Wildman–Crippen LogP) is 4.41. The Morgan fingerprint density at radius 3 is 2.42 bits per heavy atom. The molecule has 2 aliphatic heterocycles. The number of benzene rings is 1. The van der Waals surface area contributed by atoms with Gasteiger partial charge in [0.15, 0.2) is 5.13 Å². The van der Waals surface area contributed by atoms with Crippen molar-refractivity contribution >= 4 is 38.5 Å². The maximum atomic E-state index is 13.3. The van der Waals surface area contributed by atoms with E-state index in [0.29, 0.717) is 18.0 Å². The fourth-order valence-electron chi connectivity index (χ4n) is 4.24. The highest BCUT2D eigenvalue weighted by Crippen LogP contribution is 2.28. The molecule has 0 spiro atoms. The number of aromatic nitrogens is 1. The lowest BCUT2D eigenvalue weighted by molar-refractivity contribution is -0.111. The van der Waals surface area contributed by atoms with Gasteiger partial charge < -0.3 is 15.0 Å². The largest absolute Gasteiger partial charge is 0.371 e. The van der Waals surface area contributed by atoms with Crippen molar-refractivity contribution in [1.82, 2.24) is 9.29 Å². The summed E-state index contributed by atoms with van der Waals surface area (Å²) in [7, 11) is -3.53. The molecule has 7 nitrogen and oxygen atoms in total. The average molecular weight is 493 g/mol. The Balaban J connectivity index is 0.00000149. The minimum absolute atomic E-state index is 0.121. The van der Waals surface area contributed by atoms with E-state index in [1.54, 1.807) is 27.8 Å². The Labute approximate surface area is 202 Å². The molecule has 9 heteroatoms. The normalized spacial score (nSPS) is 18.5. The maximum Gasteiger partial charge on any atom is 0.243 e. The number of rotatable bonds is 7. The number of anilines is 2. The highest BCUT2D eigenvalue weighted by molar-refractivity contribution is 7.89. The number of hydrogen-bond acceptors (Lipinski definition) is 7. The molecule has 0 bridgehead atoms. The third-order valence-electron chi connectivity index (χ3n) is 6.24. The van der Waals surface area contributed by atoms with Gasteiger partial charge in [-0.15, -0.1) is 11.3 Å². The molecular weight excluding hydrogens is 456 g/mol. The van der Waals surface area contributed by atoms with Crippen molar-refractivity contribution in [3.05, 3.63) is 35.3 Å². The second-order valence-electron chi connectivity index (χ2n) is 8.27. The van der Waals surface area contributed by atoms with Gasteiger partial charge in [-0.05, 0) is 50.3 Å². The van der Waals surface area contributed by atoms with E-state index in [1.165, 1.54) is 4.88 Å². The molecule has 2 aromatic rings. The molecule has 1 aromatic carbocycles. The van der Waals surface area contributed by atoms with Crippen LogP contribution in [0.15, 0.2) is 35.4 Å². The Hall–Kier alpha value is -1.97. The molecule has 0 saturated carbocycles. The van der Waals surface area contributed by atoms with Gasteiger partial charge in [0, 0.05) is 54.9 Å². The summed E-state index contributed by atoms with van der Waals surface area (Å²) in [6.07, 6.45) is 7.08. The van der Waals surface area contributed by atoms with Gasteiger partial charge in [-0.2, -0.15) is 4.31 Å². The van der Waals surface area contributed by atoms with Crippen LogP contribution in [0.1, 0.15) is 51.3 Å². The van der Waals surface area contributed by atoms with Crippen LogP contribution in [0.2, 0.25) is 0 Å². The minimum Gasteiger partial charge on any atom is -0.371 e. The molecule has 0 aliphatic carbocycles. The molecule has 182 valence electrons. The number of hydrogen-bond donors (Lipinski definition) is 1. The third kappa shape index (κ3) is 6.33. The summed E-state index contributed by atoms with van der Waals surface area (Å²) in [6, 6.07) is 7.48. The van der Waals surface area contributed by atoms with Crippen LogP contribution in [-0.4, -0.2) is 56.2 Å². The summed E-state index contributed by atoms with van der Waals surface area (Å²) >= 11 is 1.67. The number of aldehydes is 1. The SMILES string of the molecule is CC.CCc1cnc(NC2CCN(S(=O)(=O)c3cccc(N4CCC(C=O)CC4)c3)CC2)s1. The Morgan fingerprint density at radius 1 is 1.12 bits per heavy atom. The molecule has 0 atom stereocenters. The molecule has 4 rings (SSSR count). The molecule has 2 aliphatic rings. The van der Waals surface area contributed by atoms with Crippen molar-refractivity contribution in [1.29, 1.82) is 0 Å².